The van der Waals surface area contributed by atoms with E-state index in [1.54, 1.807) is 13.2 Å². The molecule has 1 N–H and O–H groups in total. The van der Waals surface area contributed by atoms with Crippen molar-refractivity contribution in [1.29, 1.82) is 0 Å². The Balaban J connectivity index is 1.78. The van der Waals surface area contributed by atoms with Gasteiger partial charge in [0.15, 0.2) is 0 Å². The SMILES string of the molecule is COc1ccc(CCNCc2ccc(Cl)cc2Cl)cc1. The zero-order chi connectivity index (χ0) is 14.4. The molecule has 0 unspecified atom stereocenters. The lowest BCUT2D eigenvalue weighted by Crippen LogP contribution is -2.16. The van der Waals surface area contributed by atoms with Crippen LogP contribution in [0.15, 0.2) is 42.5 Å². The van der Waals surface area contributed by atoms with Gasteiger partial charge in [0.1, 0.15) is 5.75 Å². The van der Waals surface area contributed by atoms with Gasteiger partial charge >= 0.3 is 0 Å². The molecule has 2 aromatic rings. The van der Waals surface area contributed by atoms with Crippen LogP contribution in [0.3, 0.4) is 0 Å². The van der Waals surface area contributed by atoms with Crippen molar-refractivity contribution < 1.29 is 4.74 Å². The molecule has 0 amide bonds. The van der Waals surface area contributed by atoms with E-state index in [2.05, 4.69) is 17.4 Å². The third kappa shape index (κ3) is 4.41. The average Bonchev–Trinajstić information content (AvgIpc) is 2.46. The van der Waals surface area contributed by atoms with E-state index in [0.717, 1.165) is 30.8 Å². The summed E-state index contributed by atoms with van der Waals surface area (Å²) in [7, 11) is 1.67. The smallest absolute Gasteiger partial charge is 0.118 e. The van der Waals surface area contributed by atoms with E-state index >= 15 is 0 Å². The Bertz CT molecular complexity index is 555. The first kappa shape index (κ1) is 15.2. The second kappa shape index (κ2) is 7.53. The summed E-state index contributed by atoms with van der Waals surface area (Å²) in [5, 5.41) is 4.75. The summed E-state index contributed by atoms with van der Waals surface area (Å²) >= 11 is 12.0. The fourth-order valence-electron chi connectivity index (χ4n) is 1.91. The standard InChI is InChI=1S/C16H17Cl2NO/c1-20-15-6-2-12(3-7-15)8-9-19-11-13-4-5-14(17)10-16(13)18/h2-7,10,19H,8-9,11H2,1H3. The van der Waals surface area contributed by atoms with Gasteiger partial charge in [-0.25, -0.2) is 0 Å². The molecule has 4 heteroatoms. The van der Waals surface area contributed by atoms with E-state index in [4.69, 9.17) is 27.9 Å². The van der Waals surface area contributed by atoms with Gasteiger partial charge in [-0.1, -0.05) is 41.4 Å². The Hall–Kier alpha value is -1.22. The number of nitrogens with one attached hydrogen (secondary N) is 1. The fourth-order valence-corrected chi connectivity index (χ4v) is 2.39. The van der Waals surface area contributed by atoms with Crippen LogP contribution in [0.4, 0.5) is 0 Å². The van der Waals surface area contributed by atoms with Crippen LogP contribution in [0.25, 0.3) is 0 Å². The van der Waals surface area contributed by atoms with E-state index < -0.39 is 0 Å². The summed E-state index contributed by atoms with van der Waals surface area (Å²) in [5.41, 5.74) is 2.34. The van der Waals surface area contributed by atoms with Crippen molar-refractivity contribution in [3.05, 3.63) is 63.6 Å². The van der Waals surface area contributed by atoms with Gasteiger partial charge in [-0.15, -0.1) is 0 Å². The Kier molecular flexibility index (Phi) is 5.72. The highest BCUT2D eigenvalue weighted by Crippen LogP contribution is 2.20. The third-order valence-corrected chi connectivity index (χ3v) is 3.67. The van der Waals surface area contributed by atoms with Crippen LogP contribution in [-0.2, 0) is 13.0 Å². The average molecular weight is 310 g/mol. The zero-order valence-electron chi connectivity index (χ0n) is 11.3. The van der Waals surface area contributed by atoms with Gasteiger partial charge in [0.25, 0.3) is 0 Å². The Morgan fingerprint density at radius 2 is 1.80 bits per heavy atom. The van der Waals surface area contributed by atoms with E-state index in [9.17, 15) is 0 Å². The molecule has 0 aliphatic heterocycles. The van der Waals surface area contributed by atoms with Gasteiger partial charge in [-0.05, 0) is 48.4 Å². The highest BCUT2D eigenvalue weighted by atomic mass is 35.5. The van der Waals surface area contributed by atoms with E-state index in [1.165, 1.54) is 5.56 Å². The number of methoxy groups -OCH3 is 1. The van der Waals surface area contributed by atoms with Crippen LogP contribution in [-0.4, -0.2) is 13.7 Å². The first-order valence-corrected chi connectivity index (χ1v) is 7.22. The highest BCUT2D eigenvalue weighted by molar-refractivity contribution is 6.35. The second-order valence-corrected chi connectivity index (χ2v) is 5.35. The van der Waals surface area contributed by atoms with Crippen LogP contribution in [0.2, 0.25) is 10.0 Å². The molecule has 0 aliphatic rings. The molecule has 0 fully saturated rings. The van der Waals surface area contributed by atoms with Gasteiger partial charge in [-0.2, -0.15) is 0 Å². The van der Waals surface area contributed by atoms with Crippen LogP contribution in [0, 0.1) is 0 Å². The maximum absolute atomic E-state index is 6.12. The van der Waals surface area contributed by atoms with Crippen LogP contribution in [0.1, 0.15) is 11.1 Å². The third-order valence-electron chi connectivity index (χ3n) is 3.08. The van der Waals surface area contributed by atoms with E-state index in [0.29, 0.717) is 10.0 Å². The van der Waals surface area contributed by atoms with Gasteiger partial charge < -0.3 is 10.1 Å². The number of rotatable bonds is 6. The van der Waals surface area contributed by atoms with Gasteiger partial charge in [0.2, 0.25) is 0 Å². The lowest BCUT2D eigenvalue weighted by atomic mass is 10.1. The molecule has 0 saturated heterocycles. The van der Waals surface area contributed by atoms with Gasteiger partial charge in [0, 0.05) is 16.6 Å². The molecule has 0 aliphatic carbocycles. The molecule has 2 nitrogen and oxygen atoms in total. The topological polar surface area (TPSA) is 21.3 Å². The summed E-state index contributed by atoms with van der Waals surface area (Å²) in [5.74, 6) is 0.884. The largest absolute Gasteiger partial charge is 0.497 e. The minimum Gasteiger partial charge on any atom is -0.497 e. The summed E-state index contributed by atoms with van der Waals surface area (Å²) in [6, 6.07) is 13.7. The molecule has 106 valence electrons. The molecular formula is C16H17Cl2NO. The molecular weight excluding hydrogens is 293 g/mol. The predicted octanol–water partition coefficient (Wildman–Crippen LogP) is 4.33. The molecule has 2 rings (SSSR count). The van der Waals surface area contributed by atoms with Crippen molar-refractivity contribution in [3.8, 4) is 5.75 Å². The zero-order valence-corrected chi connectivity index (χ0v) is 12.8. The maximum Gasteiger partial charge on any atom is 0.118 e. The number of ether oxygens (including phenoxy) is 1. The summed E-state index contributed by atoms with van der Waals surface area (Å²) < 4.78 is 5.13. The molecule has 20 heavy (non-hydrogen) atoms. The lowest BCUT2D eigenvalue weighted by molar-refractivity contribution is 0.414. The van der Waals surface area contributed by atoms with Crippen LogP contribution < -0.4 is 10.1 Å². The summed E-state index contributed by atoms with van der Waals surface area (Å²) in [6.45, 7) is 1.64. The summed E-state index contributed by atoms with van der Waals surface area (Å²) in [6.07, 6.45) is 0.967. The van der Waals surface area contributed by atoms with Crippen molar-refractivity contribution in [2.45, 2.75) is 13.0 Å². The first-order valence-electron chi connectivity index (χ1n) is 6.46. The molecule has 2 aromatic carbocycles. The molecule has 0 atom stereocenters. The van der Waals surface area contributed by atoms with Gasteiger partial charge in [-0.3, -0.25) is 0 Å². The molecule has 0 aromatic heterocycles. The Morgan fingerprint density at radius 1 is 1.05 bits per heavy atom. The molecule has 0 saturated carbocycles. The van der Waals surface area contributed by atoms with Crippen molar-refractivity contribution in [2.24, 2.45) is 0 Å². The van der Waals surface area contributed by atoms with Crippen molar-refractivity contribution >= 4 is 23.2 Å². The number of hydrogen-bond donors (Lipinski definition) is 1. The first-order chi connectivity index (χ1) is 9.69. The number of benzene rings is 2. The predicted molar refractivity (Wildman–Crippen MR) is 84.9 cm³/mol. The highest BCUT2D eigenvalue weighted by Gasteiger charge is 2.01. The molecule has 0 heterocycles. The second-order valence-electron chi connectivity index (χ2n) is 4.51. The van der Waals surface area contributed by atoms with Crippen molar-refractivity contribution in [3.63, 3.8) is 0 Å². The Labute approximate surface area is 129 Å². The minimum atomic E-state index is 0.664. The van der Waals surface area contributed by atoms with Gasteiger partial charge in [0.05, 0.1) is 7.11 Å². The van der Waals surface area contributed by atoms with Crippen molar-refractivity contribution in [1.82, 2.24) is 5.32 Å². The minimum absolute atomic E-state index is 0.664. The van der Waals surface area contributed by atoms with E-state index in [-0.39, 0.29) is 0 Å². The van der Waals surface area contributed by atoms with E-state index in [1.807, 2.05) is 24.3 Å². The summed E-state index contributed by atoms with van der Waals surface area (Å²) in [4.78, 5) is 0. The fraction of sp³-hybridized carbons (Fsp3) is 0.250. The van der Waals surface area contributed by atoms with Crippen LogP contribution in [0.5, 0.6) is 5.75 Å². The normalized spacial score (nSPS) is 10.6. The van der Waals surface area contributed by atoms with Crippen LogP contribution >= 0.6 is 23.2 Å². The molecule has 0 spiro atoms. The Morgan fingerprint density at radius 3 is 2.45 bits per heavy atom. The molecule has 0 radical (unpaired) electrons. The lowest BCUT2D eigenvalue weighted by Gasteiger charge is -2.08. The number of halogens is 2. The number of hydrogen-bond acceptors (Lipinski definition) is 2. The quantitative estimate of drug-likeness (QED) is 0.802. The maximum atomic E-state index is 6.12. The van der Waals surface area contributed by atoms with Crippen molar-refractivity contribution in [2.75, 3.05) is 13.7 Å². The monoisotopic (exact) mass is 309 g/mol. The molecule has 0 bridgehead atoms.